The lowest BCUT2D eigenvalue weighted by atomic mass is 10.0. The average molecular weight is 328 g/mol. The van der Waals surface area contributed by atoms with Crippen molar-refractivity contribution in [2.24, 2.45) is 11.1 Å². The summed E-state index contributed by atoms with van der Waals surface area (Å²) in [5.41, 5.74) is 0.867. The molecule has 0 saturated heterocycles. The van der Waals surface area contributed by atoms with Gasteiger partial charge >= 0.3 is 5.97 Å². The Morgan fingerprint density at radius 1 is 1.23 bits per heavy atom. The van der Waals surface area contributed by atoms with Crippen LogP contribution in [-0.4, -0.2) is 31.9 Å². The molecule has 0 aliphatic heterocycles. The number of rotatable bonds is 8. The molecule has 22 heavy (non-hydrogen) atoms. The Hall–Kier alpha value is -1.93. The molecule has 8 heteroatoms. The summed E-state index contributed by atoms with van der Waals surface area (Å²) in [5.74, 6) is -1.34. The molecule has 0 aliphatic carbocycles. The smallest absolute Gasteiger partial charge is 0.303 e. The Morgan fingerprint density at radius 3 is 2.32 bits per heavy atom. The molecule has 0 heterocycles. The van der Waals surface area contributed by atoms with Gasteiger partial charge in [0.25, 0.3) is 0 Å². The van der Waals surface area contributed by atoms with Crippen LogP contribution < -0.4 is 10.5 Å². The third-order valence-corrected chi connectivity index (χ3v) is 3.97. The largest absolute Gasteiger partial charge is 0.481 e. The monoisotopic (exact) mass is 328 g/mol. The van der Waals surface area contributed by atoms with E-state index in [1.807, 2.05) is 0 Å². The van der Waals surface area contributed by atoms with Crippen LogP contribution >= 0.6 is 0 Å². The van der Waals surface area contributed by atoms with E-state index in [2.05, 4.69) is 5.32 Å². The standard InChI is InChI=1S/C14H20N2O5S/c1-10(9-14(18)19)8-13(17)16-7-6-11-2-4-12(5-3-11)22(15,20)21/h2-5,10H,6-9H2,1H3,(H,16,17)(H,18,19)(H2,15,20,21). The normalized spacial score (nSPS) is 12.6. The number of aliphatic carboxylic acids is 1. The molecule has 7 nitrogen and oxygen atoms in total. The molecule has 1 aromatic rings. The Labute approximate surface area is 129 Å². The summed E-state index contributed by atoms with van der Waals surface area (Å²) in [6, 6.07) is 6.11. The lowest BCUT2D eigenvalue weighted by Gasteiger charge is -2.09. The van der Waals surface area contributed by atoms with Crippen LogP contribution in [0.5, 0.6) is 0 Å². The number of carbonyl (C=O) groups is 2. The molecule has 1 aromatic carbocycles. The maximum Gasteiger partial charge on any atom is 0.303 e. The molecule has 4 N–H and O–H groups in total. The molecule has 0 spiro atoms. The van der Waals surface area contributed by atoms with Crippen molar-refractivity contribution in [3.63, 3.8) is 0 Å². The van der Waals surface area contributed by atoms with E-state index in [0.29, 0.717) is 13.0 Å². The van der Waals surface area contributed by atoms with Gasteiger partial charge in [0.1, 0.15) is 0 Å². The van der Waals surface area contributed by atoms with Crippen molar-refractivity contribution in [2.45, 2.75) is 31.1 Å². The van der Waals surface area contributed by atoms with Crippen molar-refractivity contribution in [1.82, 2.24) is 5.32 Å². The summed E-state index contributed by atoms with van der Waals surface area (Å²) < 4.78 is 22.2. The van der Waals surface area contributed by atoms with E-state index in [-0.39, 0.29) is 29.6 Å². The molecule has 1 unspecified atom stereocenters. The minimum atomic E-state index is -3.69. The van der Waals surface area contributed by atoms with E-state index in [9.17, 15) is 18.0 Å². The number of carboxylic acids is 1. The molecule has 0 aromatic heterocycles. The van der Waals surface area contributed by atoms with E-state index in [0.717, 1.165) is 5.56 Å². The van der Waals surface area contributed by atoms with Crippen LogP contribution in [0.25, 0.3) is 0 Å². The van der Waals surface area contributed by atoms with Gasteiger partial charge < -0.3 is 10.4 Å². The summed E-state index contributed by atoms with van der Waals surface area (Å²) in [7, 11) is -3.69. The number of sulfonamides is 1. The van der Waals surface area contributed by atoms with Crippen LogP contribution in [0.15, 0.2) is 29.2 Å². The fraction of sp³-hybridized carbons (Fsp3) is 0.429. The number of amides is 1. The molecule has 0 bridgehead atoms. The highest BCUT2D eigenvalue weighted by Gasteiger charge is 2.12. The highest BCUT2D eigenvalue weighted by Crippen LogP contribution is 2.09. The molecule has 0 fully saturated rings. The van der Waals surface area contributed by atoms with E-state index in [1.54, 1.807) is 19.1 Å². The zero-order chi connectivity index (χ0) is 16.8. The topological polar surface area (TPSA) is 127 Å². The lowest BCUT2D eigenvalue weighted by molar-refractivity contribution is -0.138. The van der Waals surface area contributed by atoms with E-state index < -0.39 is 16.0 Å². The van der Waals surface area contributed by atoms with Gasteiger partial charge in [-0.3, -0.25) is 9.59 Å². The van der Waals surface area contributed by atoms with Crippen LogP contribution in [0.3, 0.4) is 0 Å². The maximum atomic E-state index is 11.6. The number of carbonyl (C=O) groups excluding carboxylic acids is 1. The van der Waals surface area contributed by atoms with Crippen molar-refractivity contribution in [2.75, 3.05) is 6.54 Å². The molecule has 0 saturated carbocycles. The minimum Gasteiger partial charge on any atom is -0.481 e. The lowest BCUT2D eigenvalue weighted by Crippen LogP contribution is -2.27. The quantitative estimate of drug-likeness (QED) is 0.640. The second-order valence-corrected chi connectivity index (χ2v) is 6.76. The number of primary sulfonamides is 1. The number of nitrogens with two attached hydrogens (primary N) is 1. The van der Waals surface area contributed by atoms with Gasteiger partial charge in [0, 0.05) is 19.4 Å². The maximum absolute atomic E-state index is 11.6. The van der Waals surface area contributed by atoms with Crippen molar-refractivity contribution in [3.8, 4) is 0 Å². The summed E-state index contributed by atoms with van der Waals surface area (Å²) in [4.78, 5) is 22.2. The molecule has 1 amide bonds. The minimum absolute atomic E-state index is 0.0392. The Morgan fingerprint density at radius 2 is 1.82 bits per heavy atom. The summed E-state index contributed by atoms with van der Waals surface area (Å²) in [6.45, 7) is 2.10. The van der Waals surface area contributed by atoms with Crippen molar-refractivity contribution in [3.05, 3.63) is 29.8 Å². The number of benzene rings is 1. The summed E-state index contributed by atoms with van der Waals surface area (Å²) in [6.07, 6.45) is 0.670. The third-order valence-electron chi connectivity index (χ3n) is 3.04. The first-order valence-corrected chi connectivity index (χ1v) is 8.33. The number of nitrogens with one attached hydrogen (secondary N) is 1. The van der Waals surface area contributed by atoms with Gasteiger partial charge in [-0.05, 0) is 30.0 Å². The van der Waals surface area contributed by atoms with Crippen LogP contribution in [0.2, 0.25) is 0 Å². The van der Waals surface area contributed by atoms with Crippen molar-refractivity contribution < 1.29 is 23.1 Å². The summed E-state index contributed by atoms with van der Waals surface area (Å²) >= 11 is 0. The van der Waals surface area contributed by atoms with Gasteiger partial charge in [0.05, 0.1) is 4.90 Å². The van der Waals surface area contributed by atoms with E-state index in [4.69, 9.17) is 10.2 Å². The van der Waals surface area contributed by atoms with E-state index >= 15 is 0 Å². The second kappa shape index (κ2) is 7.90. The predicted octanol–water partition coefficient (Wildman–Crippen LogP) is 0.494. The van der Waals surface area contributed by atoms with Crippen molar-refractivity contribution >= 4 is 21.9 Å². The van der Waals surface area contributed by atoms with Crippen LogP contribution in [0, 0.1) is 5.92 Å². The average Bonchev–Trinajstić information content (AvgIpc) is 2.37. The van der Waals surface area contributed by atoms with Gasteiger partial charge in [-0.15, -0.1) is 0 Å². The second-order valence-electron chi connectivity index (χ2n) is 5.20. The number of hydrogen-bond acceptors (Lipinski definition) is 4. The van der Waals surface area contributed by atoms with Crippen LogP contribution in [0.1, 0.15) is 25.3 Å². The van der Waals surface area contributed by atoms with E-state index in [1.165, 1.54) is 12.1 Å². The SMILES string of the molecule is CC(CC(=O)O)CC(=O)NCCc1ccc(S(N)(=O)=O)cc1. The predicted molar refractivity (Wildman–Crippen MR) is 80.6 cm³/mol. The Balaban J connectivity index is 2.38. The fourth-order valence-electron chi connectivity index (χ4n) is 1.95. The Bertz CT molecular complexity index is 625. The van der Waals surface area contributed by atoms with Crippen LogP contribution in [0.4, 0.5) is 0 Å². The number of hydrogen-bond donors (Lipinski definition) is 3. The van der Waals surface area contributed by atoms with Gasteiger partial charge in [0.2, 0.25) is 15.9 Å². The third kappa shape index (κ3) is 6.68. The molecule has 122 valence electrons. The summed E-state index contributed by atoms with van der Waals surface area (Å²) in [5, 5.41) is 16.3. The molecule has 0 aliphatic rings. The fourth-order valence-corrected chi connectivity index (χ4v) is 2.47. The molecule has 1 rings (SSSR count). The highest BCUT2D eigenvalue weighted by molar-refractivity contribution is 7.89. The molecular weight excluding hydrogens is 308 g/mol. The van der Waals surface area contributed by atoms with Crippen LogP contribution in [-0.2, 0) is 26.0 Å². The van der Waals surface area contributed by atoms with Gasteiger partial charge in [-0.1, -0.05) is 19.1 Å². The zero-order valence-electron chi connectivity index (χ0n) is 12.3. The first-order valence-electron chi connectivity index (χ1n) is 6.78. The Kier molecular flexibility index (Phi) is 6.51. The van der Waals surface area contributed by atoms with Crippen molar-refractivity contribution in [1.29, 1.82) is 0 Å². The molecule has 1 atom stereocenters. The number of carboxylic acid groups (broad SMARTS) is 1. The molecular formula is C14H20N2O5S. The van der Waals surface area contributed by atoms with Gasteiger partial charge in [0.15, 0.2) is 0 Å². The van der Waals surface area contributed by atoms with Gasteiger partial charge in [-0.25, -0.2) is 13.6 Å². The first kappa shape index (κ1) is 18.1. The zero-order valence-corrected chi connectivity index (χ0v) is 13.1. The molecule has 0 radical (unpaired) electrons. The first-order chi connectivity index (χ1) is 10.2. The highest BCUT2D eigenvalue weighted by atomic mass is 32.2. The van der Waals surface area contributed by atoms with Gasteiger partial charge in [-0.2, -0.15) is 0 Å².